The highest BCUT2D eigenvalue weighted by Crippen LogP contribution is 2.33. The maximum absolute atomic E-state index is 9.53. The number of hydrogen-bond acceptors (Lipinski definition) is 4. The Balaban J connectivity index is 2.52. The van der Waals surface area contributed by atoms with Crippen molar-refractivity contribution < 1.29 is 5.11 Å². The number of hydrogen-bond donors (Lipinski definition) is 3. The molecule has 0 aliphatic carbocycles. The SMILES string of the molecule is CC(C)N1NNC(c2c(Cl)cccc2Cl)=C1CO. The molecule has 1 aromatic carbocycles. The van der Waals surface area contributed by atoms with Gasteiger partial charge in [-0.15, -0.1) is 5.53 Å². The van der Waals surface area contributed by atoms with Gasteiger partial charge in [-0.1, -0.05) is 29.3 Å². The summed E-state index contributed by atoms with van der Waals surface area (Å²) in [6.45, 7) is 3.93. The van der Waals surface area contributed by atoms with E-state index in [1.165, 1.54) is 0 Å². The lowest BCUT2D eigenvalue weighted by molar-refractivity contribution is 0.170. The number of aliphatic hydroxyl groups is 1. The van der Waals surface area contributed by atoms with E-state index in [9.17, 15) is 5.11 Å². The Labute approximate surface area is 116 Å². The average molecular weight is 288 g/mol. The zero-order chi connectivity index (χ0) is 13.3. The normalized spacial score (nSPS) is 15.6. The van der Waals surface area contributed by atoms with Gasteiger partial charge in [0.2, 0.25) is 0 Å². The summed E-state index contributed by atoms with van der Waals surface area (Å²) in [4.78, 5) is 0. The van der Waals surface area contributed by atoms with Gasteiger partial charge in [0.1, 0.15) is 0 Å². The van der Waals surface area contributed by atoms with Crippen molar-refractivity contribution in [1.82, 2.24) is 16.0 Å². The molecule has 2 rings (SSSR count). The van der Waals surface area contributed by atoms with Crippen molar-refractivity contribution in [1.29, 1.82) is 0 Å². The first kappa shape index (κ1) is 13.5. The number of halogens is 2. The van der Waals surface area contributed by atoms with Crippen LogP contribution in [0.2, 0.25) is 10.0 Å². The molecule has 4 nitrogen and oxygen atoms in total. The van der Waals surface area contributed by atoms with Crippen LogP contribution in [-0.4, -0.2) is 22.8 Å². The highest BCUT2D eigenvalue weighted by Gasteiger charge is 2.26. The van der Waals surface area contributed by atoms with Crippen molar-refractivity contribution in [2.45, 2.75) is 19.9 Å². The molecule has 1 aliphatic heterocycles. The number of rotatable bonds is 3. The molecule has 0 aromatic heterocycles. The van der Waals surface area contributed by atoms with Crippen LogP contribution in [0, 0.1) is 0 Å². The standard InChI is InChI=1S/C12H15Cl2N3O/c1-7(2)17-10(6-18)12(15-16-17)11-8(13)4-3-5-9(11)14/h3-5,7,15-16,18H,6H2,1-2H3. The minimum atomic E-state index is -0.102. The fourth-order valence-electron chi connectivity index (χ4n) is 1.92. The molecule has 0 atom stereocenters. The lowest BCUT2D eigenvalue weighted by atomic mass is 10.1. The van der Waals surface area contributed by atoms with Gasteiger partial charge < -0.3 is 10.5 Å². The summed E-state index contributed by atoms with van der Waals surface area (Å²) < 4.78 is 0. The van der Waals surface area contributed by atoms with Crippen LogP contribution in [0.3, 0.4) is 0 Å². The first-order chi connectivity index (χ1) is 8.56. The fourth-order valence-corrected chi connectivity index (χ4v) is 2.50. The smallest absolute Gasteiger partial charge is 0.0866 e. The lowest BCUT2D eigenvalue weighted by Crippen LogP contribution is -2.42. The molecule has 0 saturated heterocycles. The van der Waals surface area contributed by atoms with E-state index in [4.69, 9.17) is 23.2 Å². The van der Waals surface area contributed by atoms with Gasteiger partial charge in [0.05, 0.1) is 28.0 Å². The van der Waals surface area contributed by atoms with Gasteiger partial charge in [-0.3, -0.25) is 5.01 Å². The zero-order valence-corrected chi connectivity index (χ0v) is 11.7. The van der Waals surface area contributed by atoms with Crippen LogP contribution < -0.4 is 11.0 Å². The first-order valence-corrected chi connectivity index (χ1v) is 6.41. The quantitative estimate of drug-likeness (QED) is 0.799. The second-order valence-electron chi connectivity index (χ2n) is 4.28. The largest absolute Gasteiger partial charge is 0.390 e. The van der Waals surface area contributed by atoms with Gasteiger partial charge in [0.15, 0.2) is 0 Å². The van der Waals surface area contributed by atoms with Gasteiger partial charge in [0.25, 0.3) is 0 Å². The van der Waals surface area contributed by atoms with Gasteiger partial charge >= 0.3 is 0 Å². The van der Waals surface area contributed by atoms with Gasteiger partial charge in [0, 0.05) is 11.6 Å². The Hall–Kier alpha value is -0.940. The molecule has 0 bridgehead atoms. The maximum atomic E-state index is 9.53. The second-order valence-corrected chi connectivity index (χ2v) is 5.09. The number of nitrogens with one attached hydrogen (secondary N) is 2. The predicted octanol–water partition coefficient (Wildman–Crippen LogP) is 2.39. The number of nitrogens with zero attached hydrogens (tertiary/aromatic N) is 1. The predicted molar refractivity (Wildman–Crippen MR) is 73.7 cm³/mol. The molecule has 3 N–H and O–H groups in total. The molecule has 0 amide bonds. The third kappa shape index (κ3) is 2.29. The number of hydrazine groups is 2. The van der Waals surface area contributed by atoms with Gasteiger partial charge in [-0.05, 0) is 26.0 Å². The van der Waals surface area contributed by atoms with Crippen LogP contribution in [0.1, 0.15) is 19.4 Å². The Kier molecular flexibility index (Phi) is 4.02. The monoisotopic (exact) mass is 287 g/mol. The van der Waals surface area contributed by atoms with E-state index >= 15 is 0 Å². The first-order valence-electron chi connectivity index (χ1n) is 5.65. The lowest BCUT2D eigenvalue weighted by Gasteiger charge is -2.23. The van der Waals surface area contributed by atoms with E-state index in [2.05, 4.69) is 11.0 Å². The van der Waals surface area contributed by atoms with Crippen molar-refractivity contribution in [2.24, 2.45) is 0 Å². The minimum Gasteiger partial charge on any atom is -0.390 e. The summed E-state index contributed by atoms with van der Waals surface area (Å²) in [5, 5.41) is 12.5. The third-order valence-corrected chi connectivity index (χ3v) is 3.39. The molecule has 0 fully saturated rings. The van der Waals surface area contributed by atoms with Gasteiger partial charge in [-0.25, -0.2) is 0 Å². The topological polar surface area (TPSA) is 47.5 Å². The highest BCUT2D eigenvalue weighted by atomic mass is 35.5. The summed E-state index contributed by atoms with van der Waals surface area (Å²) in [7, 11) is 0. The summed E-state index contributed by atoms with van der Waals surface area (Å²) in [5.41, 5.74) is 8.13. The van der Waals surface area contributed by atoms with E-state index < -0.39 is 0 Å². The second kappa shape index (κ2) is 5.36. The van der Waals surface area contributed by atoms with Crippen molar-refractivity contribution in [3.05, 3.63) is 39.5 Å². The van der Waals surface area contributed by atoms with Crippen LogP contribution in [-0.2, 0) is 0 Å². The molecule has 1 heterocycles. The molecule has 0 saturated carbocycles. The number of benzene rings is 1. The van der Waals surface area contributed by atoms with Crippen molar-refractivity contribution >= 4 is 28.9 Å². The van der Waals surface area contributed by atoms with E-state index in [1.54, 1.807) is 18.2 Å². The Morgan fingerprint density at radius 3 is 2.39 bits per heavy atom. The van der Waals surface area contributed by atoms with E-state index in [0.717, 1.165) is 5.70 Å². The molecular formula is C12H15Cl2N3O. The van der Waals surface area contributed by atoms with Crippen LogP contribution in [0.25, 0.3) is 5.70 Å². The summed E-state index contributed by atoms with van der Waals surface area (Å²) in [6.07, 6.45) is 0. The van der Waals surface area contributed by atoms with Crippen molar-refractivity contribution in [3.63, 3.8) is 0 Å². The van der Waals surface area contributed by atoms with Crippen LogP contribution in [0.4, 0.5) is 0 Å². The van der Waals surface area contributed by atoms with E-state index in [-0.39, 0.29) is 12.6 Å². The van der Waals surface area contributed by atoms with Crippen molar-refractivity contribution in [2.75, 3.05) is 6.61 Å². The molecule has 6 heteroatoms. The van der Waals surface area contributed by atoms with Crippen molar-refractivity contribution in [3.8, 4) is 0 Å². The Morgan fingerprint density at radius 2 is 1.89 bits per heavy atom. The summed E-state index contributed by atoms with van der Waals surface area (Å²) in [5.74, 6) is 0. The van der Waals surface area contributed by atoms with E-state index in [0.29, 0.717) is 21.3 Å². The molecule has 0 radical (unpaired) electrons. The molecule has 0 unspecified atom stereocenters. The molecule has 18 heavy (non-hydrogen) atoms. The molecule has 98 valence electrons. The maximum Gasteiger partial charge on any atom is 0.0866 e. The number of aliphatic hydroxyl groups excluding tert-OH is 1. The molecule has 1 aromatic rings. The van der Waals surface area contributed by atoms with Crippen LogP contribution in [0.5, 0.6) is 0 Å². The van der Waals surface area contributed by atoms with E-state index in [1.807, 2.05) is 18.9 Å². The molecule has 1 aliphatic rings. The van der Waals surface area contributed by atoms with Crippen LogP contribution >= 0.6 is 23.2 Å². The summed E-state index contributed by atoms with van der Waals surface area (Å²) >= 11 is 12.3. The Bertz CT molecular complexity index is 468. The Morgan fingerprint density at radius 1 is 1.28 bits per heavy atom. The minimum absolute atomic E-state index is 0.102. The highest BCUT2D eigenvalue weighted by molar-refractivity contribution is 6.37. The molecule has 0 spiro atoms. The molecular weight excluding hydrogens is 273 g/mol. The third-order valence-electron chi connectivity index (χ3n) is 2.76. The van der Waals surface area contributed by atoms with Crippen LogP contribution in [0.15, 0.2) is 23.9 Å². The summed E-state index contributed by atoms with van der Waals surface area (Å²) in [6, 6.07) is 5.52. The zero-order valence-electron chi connectivity index (χ0n) is 10.2. The average Bonchev–Trinajstić information content (AvgIpc) is 2.72. The van der Waals surface area contributed by atoms with Gasteiger partial charge in [-0.2, -0.15) is 0 Å². The fraction of sp³-hybridized carbons (Fsp3) is 0.333.